The average Bonchev–Trinajstić information content (AvgIpc) is 2.82. The quantitative estimate of drug-likeness (QED) is 0.851. The van der Waals surface area contributed by atoms with Crippen molar-refractivity contribution < 1.29 is 18.4 Å². The van der Waals surface area contributed by atoms with Gasteiger partial charge in [0.25, 0.3) is 5.91 Å². The predicted octanol–water partition coefficient (Wildman–Crippen LogP) is 2.17. The number of hydrogen-bond donors (Lipinski definition) is 1. The molecule has 2 aromatic rings. The molecule has 1 N–H and O–H groups in total. The van der Waals surface area contributed by atoms with Gasteiger partial charge in [0.05, 0.1) is 6.61 Å². The molecule has 1 aromatic heterocycles. The molecule has 20 heavy (non-hydrogen) atoms. The molecule has 0 saturated carbocycles. The maximum absolute atomic E-state index is 12.9. The lowest BCUT2D eigenvalue weighted by molar-refractivity contribution is 0.0936. The van der Waals surface area contributed by atoms with Gasteiger partial charge in [-0.25, -0.2) is 4.39 Å². The molecule has 6 heteroatoms. The number of aryl methyl sites for hydroxylation is 1. The van der Waals surface area contributed by atoms with Gasteiger partial charge in [0, 0.05) is 19.2 Å². The molecule has 0 saturated heterocycles. The van der Waals surface area contributed by atoms with Crippen LogP contribution in [-0.2, 0) is 4.74 Å². The highest BCUT2D eigenvalue weighted by Gasteiger charge is 2.21. The van der Waals surface area contributed by atoms with Gasteiger partial charge < -0.3 is 14.6 Å². The van der Waals surface area contributed by atoms with E-state index >= 15 is 0 Å². The first-order valence-electron chi connectivity index (χ1n) is 6.13. The molecular weight excluding hydrogens is 263 g/mol. The van der Waals surface area contributed by atoms with E-state index in [0.29, 0.717) is 35.7 Å². The lowest BCUT2D eigenvalue weighted by atomic mass is 10.1. The Kier molecular flexibility index (Phi) is 4.47. The van der Waals surface area contributed by atoms with Gasteiger partial charge >= 0.3 is 0 Å². The standard InChI is InChI=1S/C14H15FN2O3/c1-9-12(14(18)16-7-8-19-2)13(17-20-9)10-3-5-11(15)6-4-10/h3-6H,7-8H2,1-2H3,(H,16,18). The third-order valence-corrected chi connectivity index (χ3v) is 2.80. The second kappa shape index (κ2) is 6.29. The Morgan fingerprint density at radius 1 is 1.40 bits per heavy atom. The Balaban J connectivity index is 2.27. The first kappa shape index (κ1) is 14.2. The third-order valence-electron chi connectivity index (χ3n) is 2.80. The minimum absolute atomic E-state index is 0.292. The Morgan fingerprint density at radius 2 is 2.10 bits per heavy atom. The molecule has 0 atom stereocenters. The minimum atomic E-state index is -0.347. The highest BCUT2D eigenvalue weighted by molar-refractivity contribution is 6.00. The summed E-state index contributed by atoms with van der Waals surface area (Å²) in [7, 11) is 1.56. The third kappa shape index (κ3) is 3.03. The van der Waals surface area contributed by atoms with Crippen molar-refractivity contribution in [1.82, 2.24) is 10.5 Å². The molecule has 106 valence electrons. The SMILES string of the molecule is COCCNC(=O)c1c(-c2ccc(F)cc2)noc1C. The van der Waals surface area contributed by atoms with Crippen molar-refractivity contribution in [3.8, 4) is 11.3 Å². The number of carbonyl (C=O) groups is 1. The number of methoxy groups -OCH3 is 1. The molecule has 0 unspecified atom stereocenters. The highest BCUT2D eigenvalue weighted by atomic mass is 19.1. The van der Waals surface area contributed by atoms with Crippen LogP contribution in [0.25, 0.3) is 11.3 Å². The fourth-order valence-electron chi connectivity index (χ4n) is 1.80. The van der Waals surface area contributed by atoms with Gasteiger partial charge in [-0.05, 0) is 31.2 Å². The zero-order valence-electron chi connectivity index (χ0n) is 11.3. The number of aromatic nitrogens is 1. The van der Waals surface area contributed by atoms with Crippen molar-refractivity contribution in [2.75, 3.05) is 20.3 Å². The number of hydrogen-bond acceptors (Lipinski definition) is 4. The highest BCUT2D eigenvalue weighted by Crippen LogP contribution is 2.25. The van der Waals surface area contributed by atoms with Crippen molar-refractivity contribution in [1.29, 1.82) is 0 Å². The monoisotopic (exact) mass is 278 g/mol. The topological polar surface area (TPSA) is 64.4 Å². The average molecular weight is 278 g/mol. The molecule has 0 aliphatic carbocycles. The summed E-state index contributed by atoms with van der Waals surface area (Å²) in [4.78, 5) is 12.1. The number of benzene rings is 1. The van der Waals surface area contributed by atoms with E-state index in [4.69, 9.17) is 9.26 Å². The first-order valence-corrected chi connectivity index (χ1v) is 6.13. The summed E-state index contributed by atoms with van der Waals surface area (Å²) in [6, 6.07) is 5.73. The van der Waals surface area contributed by atoms with E-state index in [1.165, 1.54) is 12.1 Å². The second-order valence-corrected chi connectivity index (χ2v) is 4.22. The zero-order valence-corrected chi connectivity index (χ0v) is 11.3. The molecule has 0 bridgehead atoms. The fourth-order valence-corrected chi connectivity index (χ4v) is 1.80. The van der Waals surface area contributed by atoms with Crippen LogP contribution in [0.4, 0.5) is 4.39 Å². The summed E-state index contributed by atoms with van der Waals surface area (Å²) < 4.78 is 22.9. The number of nitrogens with one attached hydrogen (secondary N) is 1. The van der Waals surface area contributed by atoms with E-state index in [-0.39, 0.29) is 11.7 Å². The van der Waals surface area contributed by atoms with E-state index in [2.05, 4.69) is 10.5 Å². The molecule has 1 heterocycles. The van der Waals surface area contributed by atoms with Crippen LogP contribution >= 0.6 is 0 Å². The maximum Gasteiger partial charge on any atom is 0.257 e. The summed E-state index contributed by atoms with van der Waals surface area (Å²) in [5, 5.41) is 6.59. The van der Waals surface area contributed by atoms with Crippen molar-refractivity contribution >= 4 is 5.91 Å². The molecule has 1 amide bonds. The van der Waals surface area contributed by atoms with Crippen molar-refractivity contribution in [2.24, 2.45) is 0 Å². The number of amides is 1. The normalized spacial score (nSPS) is 10.6. The first-order chi connectivity index (χ1) is 9.63. The minimum Gasteiger partial charge on any atom is -0.383 e. The summed E-state index contributed by atoms with van der Waals surface area (Å²) in [6.45, 7) is 2.47. The summed E-state index contributed by atoms with van der Waals surface area (Å²) >= 11 is 0. The molecule has 0 aliphatic rings. The number of ether oxygens (including phenoxy) is 1. The lowest BCUT2D eigenvalue weighted by Crippen LogP contribution is -2.27. The number of carbonyl (C=O) groups excluding carboxylic acids is 1. The van der Waals surface area contributed by atoms with Gasteiger partial charge in [0.15, 0.2) is 0 Å². The van der Waals surface area contributed by atoms with Crippen molar-refractivity contribution in [3.05, 3.63) is 41.4 Å². The predicted molar refractivity (Wildman–Crippen MR) is 70.8 cm³/mol. The van der Waals surface area contributed by atoms with E-state index < -0.39 is 0 Å². The summed E-state index contributed by atoms with van der Waals surface area (Å²) in [5.41, 5.74) is 1.38. The van der Waals surface area contributed by atoms with E-state index in [1.54, 1.807) is 26.2 Å². The van der Waals surface area contributed by atoms with Crippen molar-refractivity contribution in [2.45, 2.75) is 6.92 Å². The molecular formula is C14H15FN2O3. The molecule has 0 fully saturated rings. The molecule has 0 spiro atoms. The Morgan fingerprint density at radius 3 is 2.75 bits per heavy atom. The van der Waals surface area contributed by atoms with Crippen LogP contribution in [0.1, 0.15) is 16.1 Å². The lowest BCUT2D eigenvalue weighted by Gasteiger charge is -2.05. The Labute approximate surface area is 115 Å². The maximum atomic E-state index is 12.9. The van der Waals surface area contributed by atoms with Crippen LogP contribution in [0.3, 0.4) is 0 Å². The van der Waals surface area contributed by atoms with Gasteiger partial charge in [-0.2, -0.15) is 0 Å². The fraction of sp³-hybridized carbons (Fsp3) is 0.286. The molecule has 0 radical (unpaired) electrons. The van der Waals surface area contributed by atoms with Gasteiger partial charge in [-0.3, -0.25) is 4.79 Å². The van der Waals surface area contributed by atoms with Gasteiger partial charge in [-0.1, -0.05) is 5.16 Å². The smallest absolute Gasteiger partial charge is 0.257 e. The van der Waals surface area contributed by atoms with E-state index in [1.807, 2.05) is 0 Å². The molecule has 5 nitrogen and oxygen atoms in total. The molecule has 1 aromatic carbocycles. The van der Waals surface area contributed by atoms with Crippen molar-refractivity contribution in [3.63, 3.8) is 0 Å². The largest absolute Gasteiger partial charge is 0.383 e. The zero-order chi connectivity index (χ0) is 14.5. The van der Waals surface area contributed by atoms with Gasteiger partial charge in [0.1, 0.15) is 22.8 Å². The summed E-state index contributed by atoms with van der Waals surface area (Å²) in [5.74, 6) is -0.223. The van der Waals surface area contributed by atoms with E-state index in [9.17, 15) is 9.18 Å². The van der Waals surface area contributed by atoms with E-state index in [0.717, 1.165) is 0 Å². The van der Waals surface area contributed by atoms with Crippen LogP contribution in [0.5, 0.6) is 0 Å². The molecule has 2 rings (SSSR count). The van der Waals surface area contributed by atoms with Crippen LogP contribution in [-0.4, -0.2) is 31.3 Å². The molecule has 0 aliphatic heterocycles. The number of halogens is 1. The van der Waals surface area contributed by atoms with Gasteiger partial charge in [-0.15, -0.1) is 0 Å². The summed E-state index contributed by atoms with van der Waals surface area (Å²) in [6.07, 6.45) is 0. The van der Waals surface area contributed by atoms with Crippen LogP contribution in [0.2, 0.25) is 0 Å². The van der Waals surface area contributed by atoms with Crippen LogP contribution < -0.4 is 5.32 Å². The second-order valence-electron chi connectivity index (χ2n) is 4.22. The number of nitrogens with zero attached hydrogens (tertiary/aromatic N) is 1. The Hall–Kier alpha value is -2.21. The van der Waals surface area contributed by atoms with Crippen LogP contribution in [0.15, 0.2) is 28.8 Å². The van der Waals surface area contributed by atoms with Gasteiger partial charge in [0.2, 0.25) is 0 Å². The van der Waals surface area contributed by atoms with Crippen LogP contribution in [0, 0.1) is 12.7 Å². The Bertz CT molecular complexity index is 593. The number of rotatable bonds is 5.